The molecule has 88 heavy (non-hydrogen) atoms. The number of nitrogens with one attached hydrogen (secondary N) is 8. The molecule has 0 aromatic heterocycles. The lowest BCUT2D eigenvalue weighted by molar-refractivity contribution is 0.811. The first-order valence-corrected chi connectivity index (χ1v) is 30.1. The van der Waals surface area contributed by atoms with E-state index in [4.69, 9.17) is 0 Å². The van der Waals surface area contributed by atoms with Crippen molar-refractivity contribution >= 4 is 45.5 Å². The van der Waals surface area contributed by atoms with Crippen LogP contribution in [0.2, 0.25) is 0 Å². The maximum absolute atomic E-state index is 4.50. The zero-order chi connectivity index (χ0) is 63.8. The van der Waals surface area contributed by atoms with Crippen LogP contribution in [-0.2, 0) is 52.4 Å². The summed E-state index contributed by atoms with van der Waals surface area (Å²) >= 11 is 0. The molecule has 8 aromatic carbocycles. The van der Waals surface area contributed by atoms with Crippen molar-refractivity contribution in [2.45, 2.75) is 108 Å². The first-order chi connectivity index (χ1) is 42.5. The molecule has 0 amide bonds. The average Bonchev–Trinajstić information content (AvgIpc) is 3.61. The Morgan fingerprint density at radius 2 is 0.534 bits per heavy atom. The third-order valence-electron chi connectivity index (χ3n) is 14.0. The predicted molar refractivity (Wildman–Crippen MR) is 368 cm³/mol. The molecule has 0 heterocycles. The summed E-state index contributed by atoms with van der Waals surface area (Å²) in [5, 5.41) is 60.8. The molecule has 0 saturated heterocycles. The Morgan fingerprint density at radius 3 is 0.898 bits per heavy atom. The van der Waals surface area contributed by atoms with Gasteiger partial charge in [-0.15, -0.1) is 0 Å². The number of rotatable bonds is 24. The van der Waals surface area contributed by atoms with Crippen molar-refractivity contribution in [3.63, 3.8) is 0 Å². The standard InChI is InChI=1S/4C18H24N4/c1-13-5-15(11-19-3)9-17(7-13)21-22-18-8-14(2)6-16(10-18)12-20-4;1-13-5-7-17(9-15(13)11-19-3)21-22-18-8-6-14(2)16(10-18)12-20-4;1-13-5-7-15(11-19-3)9-17(13)21-22-18-10-16(12-20-4)8-6-14(18)2;1-13-5-7-15(11-19-3)17(9-13)21-22-18-10-14(2)6-8-16(18)12-20-4/h4*5-10,19-20H,11-12H2,1-4H3. The number of aryl methyl sites for hydroxylation is 8. The summed E-state index contributed by atoms with van der Waals surface area (Å²) in [6.45, 7) is 23.2. The molecule has 0 saturated carbocycles. The SMILES string of the molecule is CNCc1cc(C)cc(N=Nc2cc(C)cc(CNC)c2)c1.CNCc1cc(N=Nc2ccc(C)c(CNC)c2)ccc1C.CNCc1ccc(C)c(N=Nc2cc(CNC)ccc2C)c1.CNCc1ccc(C)cc1N=Nc1cc(C)ccc1CNC. The van der Waals surface area contributed by atoms with Crippen molar-refractivity contribution in [1.29, 1.82) is 0 Å². The van der Waals surface area contributed by atoms with Gasteiger partial charge in [0, 0.05) is 52.4 Å². The highest BCUT2D eigenvalue weighted by molar-refractivity contribution is 5.54. The van der Waals surface area contributed by atoms with Crippen LogP contribution in [0, 0.1) is 55.4 Å². The van der Waals surface area contributed by atoms with Gasteiger partial charge in [0.25, 0.3) is 0 Å². The molecular formula is C72H96N16. The molecule has 0 spiro atoms. The summed E-state index contributed by atoms with van der Waals surface area (Å²) in [5.41, 5.74) is 26.5. The zero-order valence-corrected chi connectivity index (χ0v) is 55.1. The maximum Gasteiger partial charge on any atom is 0.0904 e. The Balaban J connectivity index is 0.000000214. The van der Waals surface area contributed by atoms with Gasteiger partial charge in [-0.25, -0.2) is 0 Å². The average molecular weight is 1190 g/mol. The lowest BCUT2D eigenvalue weighted by Gasteiger charge is -2.07. The highest BCUT2D eigenvalue weighted by Crippen LogP contribution is 2.30. The second-order valence-corrected chi connectivity index (χ2v) is 22.1. The van der Waals surface area contributed by atoms with E-state index in [-0.39, 0.29) is 0 Å². The molecule has 0 bridgehead atoms. The lowest BCUT2D eigenvalue weighted by atomic mass is 10.1. The third-order valence-corrected chi connectivity index (χ3v) is 14.0. The first kappa shape index (κ1) is 70.6. The van der Waals surface area contributed by atoms with Crippen molar-refractivity contribution in [1.82, 2.24) is 42.5 Å². The minimum atomic E-state index is 0.784. The van der Waals surface area contributed by atoms with Gasteiger partial charge in [0.15, 0.2) is 0 Å². The topological polar surface area (TPSA) is 195 Å². The highest BCUT2D eigenvalue weighted by Gasteiger charge is 2.08. The Morgan fingerprint density at radius 1 is 0.216 bits per heavy atom. The van der Waals surface area contributed by atoms with Crippen molar-refractivity contribution in [2.75, 3.05) is 56.4 Å². The van der Waals surface area contributed by atoms with Crippen LogP contribution >= 0.6 is 0 Å². The second-order valence-electron chi connectivity index (χ2n) is 22.1. The minimum Gasteiger partial charge on any atom is -0.316 e. The van der Waals surface area contributed by atoms with Crippen molar-refractivity contribution in [3.8, 4) is 0 Å². The summed E-state index contributed by atoms with van der Waals surface area (Å²) in [5.74, 6) is 0. The van der Waals surface area contributed by atoms with Crippen LogP contribution in [0.3, 0.4) is 0 Å². The van der Waals surface area contributed by atoms with Crippen LogP contribution in [0.25, 0.3) is 0 Å². The van der Waals surface area contributed by atoms with E-state index in [1.165, 1.54) is 66.8 Å². The van der Waals surface area contributed by atoms with E-state index in [2.05, 4.69) is 260 Å². The third kappa shape index (κ3) is 24.2. The summed E-state index contributed by atoms with van der Waals surface area (Å²) < 4.78 is 0. The molecule has 0 aliphatic heterocycles. The van der Waals surface area contributed by atoms with Gasteiger partial charge in [0.2, 0.25) is 0 Å². The van der Waals surface area contributed by atoms with Gasteiger partial charge in [-0.3, -0.25) is 0 Å². The molecular weight excluding hydrogens is 1090 g/mol. The van der Waals surface area contributed by atoms with E-state index < -0.39 is 0 Å². The molecule has 8 rings (SSSR count). The van der Waals surface area contributed by atoms with Gasteiger partial charge in [-0.1, -0.05) is 72.8 Å². The quantitative estimate of drug-likeness (QED) is 0.0274. The monoisotopic (exact) mass is 1180 g/mol. The maximum atomic E-state index is 4.50. The summed E-state index contributed by atoms with van der Waals surface area (Å²) in [4.78, 5) is 0. The fourth-order valence-corrected chi connectivity index (χ4v) is 9.42. The molecule has 0 aliphatic carbocycles. The molecule has 0 radical (unpaired) electrons. The van der Waals surface area contributed by atoms with Crippen molar-refractivity contribution < 1.29 is 0 Å². The van der Waals surface area contributed by atoms with Gasteiger partial charge in [0.1, 0.15) is 0 Å². The summed E-state index contributed by atoms with van der Waals surface area (Å²) in [6, 6.07) is 50.0. The molecule has 16 heteroatoms. The van der Waals surface area contributed by atoms with Gasteiger partial charge < -0.3 is 42.5 Å². The van der Waals surface area contributed by atoms with E-state index in [0.717, 1.165) is 120 Å². The van der Waals surface area contributed by atoms with E-state index in [0.29, 0.717) is 0 Å². The summed E-state index contributed by atoms with van der Waals surface area (Å²) in [6.07, 6.45) is 0. The largest absolute Gasteiger partial charge is 0.316 e. The Bertz CT molecular complexity index is 3350. The smallest absolute Gasteiger partial charge is 0.0904 e. The number of hydrogen-bond donors (Lipinski definition) is 8. The minimum absolute atomic E-state index is 0.784. The van der Waals surface area contributed by atoms with E-state index in [1.54, 1.807) is 0 Å². The first-order valence-electron chi connectivity index (χ1n) is 30.1. The lowest BCUT2D eigenvalue weighted by Crippen LogP contribution is -2.06. The number of hydrogen-bond acceptors (Lipinski definition) is 16. The molecule has 0 aliphatic rings. The molecule has 16 nitrogen and oxygen atoms in total. The van der Waals surface area contributed by atoms with Crippen molar-refractivity contribution in [3.05, 3.63) is 235 Å². The Hall–Kier alpha value is -8.16. The van der Waals surface area contributed by atoms with Crippen LogP contribution in [-0.4, -0.2) is 56.4 Å². The van der Waals surface area contributed by atoms with E-state index >= 15 is 0 Å². The normalized spacial score (nSPS) is 11.3. The van der Waals surface area contributed by atoms with E-state index in [9.17, 15) is 0 Å². The molecule has 8 aromatic rings. The van der Waals surface area contributed by atoms with Crippen LogP contribution in [0.15, 0.2) is 187 Å². The molecule has 0 unspecified atom stereocenters. The molecule has 8 N–H and O–H groups in total. The van der Waals surface area contributed by atoms with Gasteiger partial charge in [-0.05, 0) is 274 Å². The summed E-state index contributed by atoms with van der Waals surface area (Å²) in [7, 11) is 15.5. The van der Waals surface area contributed by atoms with E-state index in [1.807, 2.05) is 80.6 Å². The van der Waals surface area contributed by atoms with Gasteiger partial charge >= 0.3 is 0 Å². The van der Waals surface area contributed by atoms with Crippen molar-refractivity contribution in [2.24, 2.45) is 40.9 Å². The molecule has 464 valence electrons. The van der Waals surface area contributed by atoms with Crippen LogP contribution in [0.4, 0.5) is 45.5 Å². The fourth-order valence-electron chi connectivity index (χ4n) is 9.42. The number of azo groups is 4. The van der Waals surface area contributed by atoms with Crippen LogP contribution in [0.5, 0.6) is 0 Å². The highest BCUT2D eigenvalue weighted by atomic mass is 15.1. The number of nitrogens with zero attached hydrogens (tertiary/aromatic N) is 8. The number of benzene rings is 8. The van der Waals surface area contributed by atoms with Gasteiger partial charge in [-0.2, -0.15) is 40.9 Å². The second kappa shape index (κ2) is 38.2. The molecule has 0 atom stereocenters. The van der Waals surface area contributed by atoms with Crippen LogP contribution in [0.1, 0.15) is 89.0 Å². The predicted octanol–water partition coefficient (Wildman–Crippen LogP) is 16.6. The molecule has 0 fully saturated rings. The fraction of sp³-hybridized carbons (Fsp3) is 0.333. The Labute approximate surface area is 525 Å². The van der Waals surface area contributed by atoms with Gasteiger partial charge in [0.05, 0.1) is 45.5 Å². The zero-order valence-electron chi connectivity index (χ0n) is 55.1. The Kier molecular flexibility index (Phi) is 30.6. The van der Waals surface area contributed by atoms with Crippen LogP contribution < -0.4 is 42.5 Å².